The van der Waals surface area contributed by atoms with Gasteiger partial charge in [-0.25, -0.2) is 14.4 Å². The van der Waals surface area contributed by atoms with Gasteiger partial charge in [-0.2, -0.15) is 0 Å². The topological polar surface area (TPSA) is 164 Å². The zero-order valence-corrected chi connectivity index (χ0v) is 21.1. The lowest BCUT2D eigenvalue weighted by Gasteiger charge is -2.48. The molecule has 12 heteroatoms. The standard InChI is InChI=1S/C25H30O12/c1-10-17(28)35-15-14(27)23-12-9-11(21(2,3)4)22(23)16(33-8-6-7-13(26)32-5)18(29)36-20(22)37-25(23,19(30)34-12)24(10,15)31/h6-7,10-12,14-16,20,27,31H,8-9H2,1-5H3/b7-6+/t10?,11-,12?,14-,15-,16-,20-,22?,23-,24+,25+/m0/s1. The molecule has 0 aromatic rings. The van der Waals surface area contributed by atoms with Crippen molar-refractivity contribution >= 4 is 23.9 Å². The van der Waals surface area contributed by atoms with Crippen molar-refractivity contribution in [1.82, 2.24) is 0 Å². The highest BCUT2D eigenvalue weighted by Gasteiger charge is 3.04. The molecule has 4 saturated heterocycles. The molecule has 12 nitrogen and oxygen atoms in total. The lowest BCUT2D eigenvalue weighted by molar-refractivity contribution is -0.240. The Morgan fingerprint density at radius 1 is 1.16 bits per heavy atom. The smallest absolute Gasteiger partial charge is 0.343 e. The summed E-state index contributed by atoms with van der Waals surface area (Å²) in [5.74, 6) is -4.81. The third-order valence-electron chi connectivity index (χ3n) is 9.78. The van der Waals surface area contributed by atoms with E-state index in [0.717, 1.165) is 6.08 Å². The minimum absolute atomic E-state index is 0.196. The monoisotopic (exact) mass is 522 g/mol. The van der Waals surface area contributed by atoms with E-state index < -0.39 is 93.9 Å². The average molecular weight is 523 g/mol. The van der Waals surface area contributed by atoms with Crippen LogP contribution >= 0.6 is 0 Å². The third kappa shape index (κ3) is 2.28. The lowest BCUT2D eigenvalue weighted by atomic mass is 9.51. The first kappa shape index (κ1) is 24.8. The number of methoxy groups -OCH3 is 1. The van der Waals surface area contributed by atoms with Gasteiger partial charge in [-0.05, 0) is 24.7 Å². The summed E-state index contributed by atoms with van der Waals surface area (Å²) in [4.78, 5) is 51.1. The van der Waals surface area contributed by atoms with E-state index in [2.05, 4.69) is 4.74 Å². The Hall–Kier alpha value is -2.54. The van der Waals surface area contributed by atoms with Crippen LogP contribution in [0.15, 0.2) is 12.2 Å². The largest absolute Gasteiger partial charge is 0.466 e. The van der Waals surface area contributed by atoms with Gasteiger partial charge in [0.05, 0.1) is 30.5 Å². The highest BCUT2D eigenvalue weighted by molar-refractivity contribution is 5.94. The van der Waals surface area contributed by atoms with Crippen molar-refractivity contribution in [3.05, 3.63) is 12.2 Å². The second-order valence-electron chi connectivity index (χ2n) is 11.9. The molecule has 0 radical (unpaired) electrons. The third-order valence-corrected chi connectivity index (χ3v) is 9.78. The molecule has 0 amide bonds. The van der Waals surface area contributed by atoms with Crippen LogP contribution in [0.5, 0.6) is 0 Å². The molecule has 3 unspecified atom stereocenters. The number of aliphatic hydroxyl groups is 2. The Morgan fingerprint density at radius 3 is 2.51 bits per heavy atom. The summed E-state index contributed by atoms with van der Waals surface area (Å²) < 4.78 is 33.9. The van der Waals surface area contributed by atoms with Crippen LogP contribution in [0.3, 0.4) is 0 Å². The van der Waals surface area contributed by atoms with Crippen LogP contribution in [-0.2, 0) is 47.6 Å². The molecule has 2 spiro atoms. The molecule has 0 bridgehead atoms. The molecule has 0 aromatic carbocycles. The number of hydrogen-bond donors (Lipinski definition) is 2. The van der Waals surface area contributed by atoms with E-state index in [0.29, 0.717) is 0 Å². The molecule has 0 aromatic heterocycles. The number of esters is 4. The van der Waals surface area contributed by atoms with E-state index in [-0.39, 0.29) is 13.0 Å². The first-order valence-electron chi connectivity index (χ1n) is 12.3. The van der Waals surface area contributed by atoms with E-state index in [4.69, 9.17) is 23.7 Å². The van der Waals surface area contributed by atoms with Crippen LogP contribution in [0.1, 0.15) is 34.1 Å². The molecule has 37 heavy (non-hydrogen) atoms. The van der Waals surface area contributed by atoms with Crippen LogP contribution in [0.4, 0.5) is 0 Å². The molecular weight excluding hydrogens is 492 g/mol. The molecule has 6 aliphatic rings. The summed E-state index contributed by atoms with van der Waals surface area (Å²) >= 11 is 0. The molecule has 2 N–H and O–H groups in total. The van der Waals surface area contributed by atoms with E-state index >= 15 is 0 Å². The number of carbonyl (C=O) groups is 4. The minimum Gasteiger partial charge on any atom is -0.466 e. The summed E-state index contributed by atoms with van der Waals surface area (Å²) in [7, 11) is 1.22. The number of fused-ring (bicyclic) bond motifs is 1. The van der Waals surface area contributed by atoms with Gasteiger partial charge in [0.15, 0.2) is 17.8 Å². The first-order valence-corrected chi connectivity index (χ1v) is 12.3. The second-order valence-corrected chi connectivity index (χ2v) is 11.9. The fourth-order valence-electron chi connectivity index (χ4n) is 8.66. The van der Waals surface area contributed by atoms with Gasteiger partial charge in [0, 0.05) is 6.08 Å². The van der Waals surface area contributed by atoms with Crippen LogP contribution in [0.25, 0.3) is 0 Å². The Kier molecular flexibility index (Phi) is 4.76. The summed E-state index contributed by atoms with van der Waals surface area (Å²) in [6.07, 6.45) is -4.08. The molecule has 6 fully saturated rings. The molecule has 6 rings (SSSR count). The van der Waals surface area contributed by atoms with E-state index in [1.54, 1.807) is 0 Å². The molecule has 4 heterocycles. The maximum atomic E-state index is 13.7. The van der Waals surface area contributed by atoms with Crippen LogP contribution in [-0.4, -0.2) is 89.7 Å². The number of hydrogen-bond acceptors (Lipinski definition) is 12. The fourth-order valence-corrected chi connectivity index (χ4v) is 8.66. The van der Waals surface area contributed by atoms with Crippen molar-refractivity contribution in [2.75, 3.05) is 13.7 Å². The van der Waals surface area contributed by atoms with Gasteiger partial charge in [0.1, 0.15) is 12.2 Å². The summed E-state index contributed by atoms with van der Waals surface area (Å²) in [5.41, 5.74) is -8.28. The van der Waals surface area contributed by atoms with Crippen LogP contribution in [0, 0.1) is 28.1 Å². The Balaban J connectivity index is 1.57. The van der Waals surface area contributed by atoms with E-state index in [9.17, 15) is 29.4 Å². The predicted octanol–water partition coefficient (Wildman–Crippen LogP) is -0.616. The Morgan fingerprint density at radius 2 is 1.86 bits per heavy atom. The quantitative estimate of drug-likeness (QED) is 0.274. The zero-order valence-electron chi connectivity index (χ0n) is 21.1. The SMILES string of the molecule is COC(=O)/C=C/CO[C@H]1C(=O)O[C@H]2O[C@]34C(=O)OC5C[C@@H](C(C)(C)C)C21[C@@]53[C@@H](O)[C@@H]1OC(=O)C(C)[C@@]14O. The minimum atomic E-state index is -2.28. The van der Waals surface area contributed by atoms with Gasteiger partial charge in [-0.1, -0.05) is 26.8 Å². The van der Waals surface area contributed by atoms with Crippen molar-refractivity contribution in [3.8, 4) is 0 Å². The maximum absolute atomic E-state index is 13.7. The van der Waals surface area contributed by atoms with Crippen molar-refractivity contribution in [2.45, 2.75) is 76.0 Å². The maximum Gasteiger partial charge on any atom is 0.343 e. The van der Waals surface area contributed by atoms with Gasteiger partial charge < -0.3 is 38.6 Å². The lowest BCUT2D eigenvalue weighted by Crippen LogP contribution is -2.67. The average Bonchev–Trinajstić information content (AvgIpc) is 3.54. The number of rotatable bonds is 4. The highest BCUT2D eigenvalue weighted by atomic mass is 16.8. The number of carbonyl (C=O) groups excluding carboxylic acids is 4. The summed E-state index contributed by atoms with van der Waals surface area (Å²) in [6.45, 7) is 7.04. The molecule has 2 saturated carbocycles. The molecule has 202 valence electrons. The van der Waals surface area contributed by atoms with Gasteiger partial charge >= 0.3 is 23.9 Å². The Labute approximate surface area is 212 Å². The second kappa shape index (κ2) is 7.10. The van der Waals surface area contributed by atoms with Crippen molar-refractivity contribution in [3.63, 3.8) is 0 Å². The molecular formula is C25H30O12. The van der Waals surface area contributed by atoms with E-state index in [1.807, 2.05) is 20.8 Å². The first-order chi connectivity index (χ1) is 17.3. The van der Waals surface area contributed by atoms with Gasteiger partial charge in [0.2, 0.25) is 11.9 Å². The predicted molar refractivity (Wildman–Crippen MR) is 117 cm³/mol. The molecule has 4 aliphatic heterocycles. The summed E-state index contributed by atoms with van der Waals surface area (Å²) in [5, 5.41) is 24.1. The Bertz CT molecular complexity index is 1140. The zero-order chi connectivity index (χ0) is 26.9. The van der Waals surface area contributed by atoms with Crippen molar-refractivity contribution < 1.29 is 57.8 Å². The van der Waals surface area contributed by atoms with E-state index in [1.165, 1.54) is 20.1 Å². The van der Waals surface area contributed by atoms with Gasteiger partial charge in [-0.3, -0.25) is 4.79 Å². The number of aliphatic hydroxyl groups excluding tert-OH is 1. The fraction of sp³-hybridized carbons (Fsp3) is 0.760. The molecule has 11 atom stereocenters. The summed E-state index contributed by atoms with van der Waals surface area (Å²) in [6, 6.07) is 0. The molecule has 2 aliphatic carbocycles. The van der Waals surface area contributed by atoms with Gasteiger partial charge in [-0.15, -0.1) is 0 Å². The van der Waals surface area contributed by atoms with Crippen molar-refractivity contribution in [1.29, 1.82) is 0 Å². The normalized spacial score (nSPS) is 51.0. The highest BCUT2D eigenvalue weighted by Crippen LogP contribution is 2.84. The van der Waals surface area contributed by atoms with Crippen LogP contribution in [0.2, 0.25) is 0 Å². The van der Waals surface area contributed by atoms with Crippen molar-refractivity contribution in [2.24, 2.45) is 28.1 Å². The van der Waals surface area contributed by atoms with Crippen LogP contribution < -0.4 is 0 Å². The number of ether oxygens (including phenoxy) is 6. The van der Waals surface area contributed by atoms with Gasteiger partial charge in [0.25, 0.3) is 0 Å².